The SMILES string of the molecule is CC1C/C=C2\C(CCCC(=O)C1)CC[C@]1(C)C(CCCCC(C)C(O)O)CCC21. The van der Waals surface area contributed by atoms with Gasteiger partial charge in [0, 0.05) is 18.8 Å². The smallest absolute Gasteiger partial charge is 0.154 e. The summed E-state index contributed by atoms with van der Waals surface area (Å²) in [6.45, 7) is 6.74. The number of carbonyl (C=O) groups excluding carboxylic acids is 1. The van der Waals surface area contributed by atoms with E-state index in [4.69, 9.17) is 0 Å². The van der Waals surface area contributed by atoms with Gasteiger partial charge in [0.2, 0.25) is 0 Å². The lowest BCUT2D eigenvalue weighted by Crippen LogP contribution is -2.37. The fourth-order valence-electron chi connectivity index (χ4n) is 6.73. The number of aliphatic hydroxyl groups excluding tert-OH is 1. The average Bonchev–Trinajstić information content (AvgIpc) is 3.00. The minimum absolute atomic E-state index is 0.0145. The normalized spacial score (nSPS) is 38.8. The average molecular weight is 405 g/mol. The Kier molecular flexibility index (Phi) is 8.00. The van der Waals surface area contributed by atoms with E-state index in [1.54, 1.807) is 5.57 Å². The summed E-state index contributed by atoms with van der Waals surface area (Å²) in [7, 11) is 0. The van der Waals surface area contributed by atoms with Gasteiger partial charge < -0.3 is 10.2 Å². The van der Waals surface area contributed by atoms with Crippen LogP contribution in [-0.4, -0.2) is 22.3 Å². The third-order valence-corrected chi connectivity index (χ3v) is 8.75. The molecule has 0 heterocycles. The molecule has 3 aliphatic rings. The summed E-state index contributed by atoms with van der Waals surface area (Å²) in [5.41, 5.74) is 2.22. The molecular weight excluding hydrogens is 360 g/mol. The first kappa shape index (κ1) is 23.0. The van der Waals surface area contributed by atoms with Gasteiger partial charge in [-0.15, -0.1) is 0 Å². The monoisotopic (exact) mass is 404 g/mol. The Morgan fingerprint density at radius 2 is 1.97 bits per heavy atom. The number of ketones is 1. The minimum Gasteiger partial charge on any atom is -0.368 e. The van der Waals surface area contributed by atoms with Crippen LogP contribution in [0.1, 0.15) is 104 Å². The van der Waals surface area contributed by atoms with Gasteiger partial charge in [-0.2, -0.15) is 0 Å². The standard InChI is InChI=1S/C26H44O3/c1-18-11-13-23-20(8-6-10-22(27)17-18)15-16-26(3)21(12-14-24(23)26)9-5-4-7-19(2)25(28)29/h13,18-21,24-25,28-29H,4-12,14-17H2,1-3H3/b23-13+/t18?,19?,20?,21?,24?,26-/m1/s1. The van der Waals surface area contributed by atoms with Crippen LogP contribution in [0.2, 0.25) is 0 Å². The Hall–Kier alpha value is -0.670. The number of aliphatic hydroxyl groups is 2. The van der Waals surface area contributed by atoms with Gasteiger partial charge in [0.15, 0.2) is 6.29 Å². The van der Waals surface area contributed by atoms with Crippen molar-refractivity contribution in [1.29, 1.82) is 0 Å². The number of Topliss-reactive ketones (excluding diaryl/α,β-unsaturated/α-hetero) is 1. The Balaban J connectivity index is 1.63. The van der Waals surface area contributed by atoms with Crippen molar-refractivity contribution < 1.29 is 15.0 Å². The van der Waals surface area contributed by atoms with Crippen molar-refractivity contribution in [2.75, 3.05) is 0 Å². The molecular formula is C26H44O3. The summed E-state index contributed by atoms with van der Waals surface area (Å²) in [6, 6.07) is 0. The van der Waals surface area contributed by atoms with Crippen LogP contribution < -0.4 is 0 Å². The molecule has 0 aromatic heterocycles. The summed E-state index contributed by atoms with van der Waals surface area (Å²) in [5, 5.41) is 18.6. The van der Waals surface area contributed by atoms with E-state index >= 15 is 0 Å². The fourth-order valence-corrected chi connectivity index (χ4v) is 6.73. The molecule has 0 spiro atoms. The predicted octanol–water partition coefficient (Wildman–Crippen LogP) is 6.03. The van der Waals surface area contributed by atoms with Crippen LogP contribution in [0.25, 0.3) is 0 Å². The number of hydrogen-bond donors (Lipinski definition) is 2. The third-order valence-electron chi connectivity index (χ3n) is 8.75. The first-order chi connectivity index (χ1) is 13.8. The van der Waals surface area contributed by atoms with Gasteiger partial charge in [-0.1, -0.05) is 45.3 Å². The van der Waals surface area contributed by atoms with E-state index in [-0.39, 0.29) is 5.92 Å². The fraction of sp³-hybridized carbons (Fsp3) is 0.885. The zero-order chi connectivity index (χ0) is 21.0. The molecule has 3 heteroatoms. The lowest BCUT2D eigenvalue weighted by molar-refractivity contribution is -0.120. The van der Waals surface area contributed by atoms with Crippen molar-refractivity contribution >= 4 is 5.78 Å². The van der Waals surface area contributed by atoms with E-state index in [1.165, 1.54) is 44.9 Å². The Morgan fingerprint density at radius 3 is 2.72 bits per heavy atom. The van der Waals surface area contributed by atoms with Crippen LogP contribution in [0.5, 0.6) is 0 Å². The van der Waals surface area contributed by atoms with Crippen molar-refractivity contribution in [3.63, 3.8) is 0 Å². The van der Waals surface area contributed by atoms with E-state index in [9.17, 15) is 15.0 Å². The summed E-state index contributed by atoms with van der Waals surface area (Å²) >= 11 is 0. The molecule has 0 bridgehead atoms. The molecule has 29 heavy (non-hydrogen) atoms. The molecule has 3 nitrogen and oxygen atoms in total. The van der Waals surface area contributed by atoms with Crippen LogP contribution >= 0.6 is 0 Å². The van der Waals surface area contributed by atoms with Crippen molar-refractivity contribution in [3.8, 4) is 0 Å². The van der Waals surface area contributed by atoms with E-state index in [0.29, 0.717) is 17.1 Å². The summed E-state index contributed by atoms with van der Waals surface area (Å²) in [5.74, 6) is 3.24. The number of unbranched alkanes of at least 4 members (excludes halogenated alkanes) is 1. The molecule has 0 amide bonds. The van der Waals surface area contributed by atoms with E-state index in [0.717, 1.165) is 56.3 Å². The molecule has 0 aliphatic heterocycles. The predicted molar refractivity (Wildman–Crippen MR) is 118 cm³/mol. The maximum absolute atomic E-state index is 12.1. The Morgan fingerprint density at radius 1 is 1.17 bits per heavy atom. The van der Waals surface area contributed by atoms with Crippen molar-refractivity contribution in [2.24, 2.45) is 35.0 Å². The van der Waals surface area contributed by atoms with Gasteiger partial charge in [0.25, 0.3) is 0 Å². The van der Waals surface area contributed by atoms with Crippen LogP contribution in [0, 0.1) is 35.0 Å². The molecule has 0 aromatic carbocycles. The molecule has 6 atom stereocenters. The molecule has 2 saturated carbocycles. The number of allylic oxidation sites excluding steroid dienone is 2. The van der Waals surface area contributed by atoms with E-state index in [2.05, 4.69) is 19.9 Å². The largest absolute Gasteiger partial charge is 0.368 e. The van der Waals surface area contributed by atoms with Gasteiger partial charge in [-0.25, -0.2) is 0 Å². The number of hydrogen-bond acceptors (Lipinski definition) is 3. The van der Waals surface area contributed by atoms with E-state index < -0.39 is 6.29 Å². The number of carbonyl (C=O) groups is 1. The molecule has 2 fully saturated rings. The highest BCUT2D eigenvalue weighted by Gasteiger charge is 2.50. The van der Waals surface area contributed by atoms with Gasteiger partial charge in [0.1, 0.15) is 5.78 Å². The molecule has 3 aliphatic carbocycles. The van der Waals surface area contributed by atoms with Gasteiger partial charge in [-0.05, 0) is 86.9 Å². The highest BCUT2D eigenvalue weighted by Crippen LogP contribution is 2.60. The van der Waals surface area contributed by atoms with E-state index in [1.807, 2.05) is 6.92 Å². The molecule has 2 N–H and O–H groups in total. The Labute approximate surface area is 178 Å². The van der Waals surface area contributed by atoms with Crippen LogP contribution in [0.4, 0.5) is 0 Å². The summed E-state index contributed by atoms with van der Waals surface area (Å²) in [6.07, 6.45) is 16.2. The van der Waals surface area contributed by atoms with Crippen LogP contribution in [0.15, 0.2) is 11.6 Å². The number of rotatable bonds is 6. The second kappa shape index (κ2) is 10.1. The molecule has 0 aromatic rings. The lowest BCUT2D eigenvalue weighted by atomic mass is 9.59. The van der Waals surface area contributed by atoms with Gasteiger partial charge >= 0.3 is 0 Å². The minimum atomic E-state index is -1.17. The molecule has 5 unspecified atom stereocenters. The zero-order valence-corrected chi connectivity index (χ0v) is 19.0. The topological polar surface area (TPSA) is 57.5 Å². The van der Waals surface area contributed by atoms with Crippen LogP contribution in [-0.2, 0) is 4.79 Å². The molecule has 3 rings (SSSR count). The first-order valence-corrected chi connectivity index (χ1v) is 12.4. The van der Waals surface area contributed by atoms with Crippen LogP contribution in [0.3, 0.4) is 0 Å². The summed E-state index contributed by atoms with van der Waals surface area (Å²) < 4.78 is 0. The number of fused-ring (bicyclic) bond motifs is 3. The molecule has 0 saturated heterocycles. The Bertz CT molecular complexity index is 581. The second-order valence-corrected chi connectivity index (χ2v) is 10.9. The van der Waals surface area contributed by atoms with Gasteiger partial charge in [0.05, 0.1) is 0 Å². The third kappa shape index (κ3) is 5.53. The maximum Gasteiger partial charge on any atom is 0.154 e. The summed E-state index contributed by atoms with van der Waals surface area (Å²) in [4.78, 5) is 12.1. The lowest BCUT2D eigenvalue weighted by Gasteiger charge is -2.46. The highest BCUT2D eigenvalue weighted by atomic mass is 16.5. The van der Waals surface area contributed by atoms with Crippen molar-refractivity contribution in [2.45, 2.75) is 111 Å². The molecule has 0 radical (unpaired) electrons. The van der Waals surface area contributed by atoms with Gasteiger partial charge in [-0.3, -0.25) is 4.79 Å². The second-order valence-electron chi connectivity index (χ2n) is 10.9. The van der Waals surface area contributed by atoms with Crippen molar-refractivity contribution in [1.82, 2.24) is 0 Å². The quantitative estimate of drug-likeness (QED) is 0.323. The van der Waals surface area contributed by atoms with Crippen molar-refractivity contribution in [3.05, 3.63) is 11.6 Å². The zero-order valence-electron chi connectivity index (χ0n) is 19.0. The molecule has 166 valence electrons. The first-order valence-electron chi connectivity index (χ1n) is 12.4. The highest BCUT2D eigenvalue weighted by molar-refractivity contribution is 5.78. The maximum atomic E-state index is 12.1.